The van der Waals surface area contributed by atoms with E-state index in [1.165, 1.54) is 30.4 Å². The van der Waals surface area contributed by atoms with Gasteiger partial charge in [0.25, 0.3) is 0 Å². The Morgan fingerprint density at radius 1 is 1.35 bits per heavy atom. The van der Waals surface area contributed by atoms with E-state index in [1.54, 1.807) is 0 Å². The highest BCUT2D eigenvalue weighted by Crippen LogP contribution is 2.45. The molecule has 0 saturated heterocycles. The highest BCUT2D eigenvalue weighted by atomic mass is 16.3. The third kappa shape index (κ3) is 3.24. The van der Waals surface area contributed by atoms with E-state index in [2.05, 4.69) is 45.0 Å². The first-order valence-electron chi connectivity index (χ1n) is 7.90. The Balaban J connectivity index is 2.22. The van der Waals surface area contributed by atoms with E-state index in [9.17, 15) is 5.11 Å². The summed E-state index contributed by atoms with van der Waals surface area (Å²) < 4.78 is 0. The van der Waals surface area contributed by atoms with Crippen molar-refractivity contribution < 1.29 is 5.11 Å². The first kappa shape index (κ1) is 15.5. The molecule has 1 fully saturated rings. The molecule has 3 unspecified atom stereocenters. The van der Waals surface area contributed by atoms with Crippen molar-refractivity contribution in [3.63, 3.8) is 0 Å². The lowest BCUT2D eigenvalue weighted by Gasteiger charge is -2.43. The van der Waals surface area contributed by atoms with Gasteiger partial charge in [0, 0.05) is 12.5 Å². The van der Waals surface area contributed by atoms with E-state index >= 15 is 0 Å². The number of aliphatic hydroxyl groups is 1. The van der Waals surface area contributed by atoms with E-state index in [4.69, 9.17) is 5.73 Å². The lowest BCUT2D eigenvalue weighted by molar-refractivity contribution is -0.00895. The highest BCUT2D eigenvalue weighted by molar-refractivity contribution is 5.27. The van der Waals surface area contributed by atoms with E-state index in [-0.39, 0.29) is 17.4 Å². The molecule has 1 aliphatic rings. The summed E-state index contributed by atoms with van der Waals surface area (Å²) in [7, 11) is 0. The van der Waals surface area contributed by atoms with Crippen LogP contribution in [0.25, 0.3) is 0 Å². The fourth-order valence-corrected chi connectivity index (χ4v) is 3.81. The molecule has 2 nitrogen and oxygen atoms in total. The van der Waals surface area contributed by atoms with Crippen LogP contribution in [0.4, 0.5) is 0 Å². The first-order chi connectivity index (χ1) is 9.45. The molecule has 1 aromatic rings. The predicted octanol–water partition coefficient (Wildman–Crippen LogP) is 3.61. The molecular formula is C18H29NO. The number of nitrogens with two attached hydrogens (primary N) is 1. The zero-order chi connectivity index (χ0) is 14.8. The zero-order valence-electron chi connectivity index (χ0n) is 13.1. The van der Waals surface area contributed by atoms with Crippen molar-refractivity contribution in [3.05, 3.63) is 35.4 Å². The van der Waals surface area contributed by atoms with Gasteiger partial charge in [-0.15, -0.1) is 0 Å². The largest absolute Gasteiger partial charge is 0.392 e. The van der Waals surface area contributed by atoms with Crippen LogP contribution in [-0.2, 0) is 0 Å². The van der Waals surface area contributed by atoms with Crippen molar-refractivity contribution in [2.24, 2.45) is 17.1 Å². The van der Waals surface area contributed by atoms with Crippen LogP contribution in [0.2, 0.25) is 0 Å². The van der Waals surface area contributed by atoms with Crippen molar-refractivity contribution >= 4 is 0 Å². The summed E-state index contributed by atoms with van der Waals surface area (Å²) in [5, 5.41) is 10.9. The normalized spacial score (nSPS) is 25.1. The second-order valence-corrected chi connectivity index (χ2v) is 7.09. The van der Waals surface area contributed by atoms with Gasteiger partial charge in [-0.25, -0.2) is 0 Å². The SMILES string of the molecule is Cc1cccc(C(CN)C(O)C2CCCCC2(C)C)c1. The van der Waals surface area contributed by atoms with Gasteiger partial charge in [-0.3, -0.25) is 0 Å². The molecule has 3 atom stereocenters. The van der Waals surface area contributed by atoms with Crippen LogP contribution in [0, 0.1) is 18.3 Å². The van der Waals surface area contributed by atoms with E-state index in [0.717, 1.165) is 6.42 Å². The minimum absolute atomic E-state index is 0.0530. The number of rotatable bonds is 4. The predicted molar refractivity (Wildman–Crippen MR) is 84.7 cm³/mol. The van der Waals surface area contributed by atoms with Crippen molar-refractivity contribution in [1.29, 1.82) is 0 Å². The Kier molecular flexibility index (Phi) is 4.87. The molecule has 3 N–H and O–H groups in total. The van der Waals surface area contributed by atoms with E-state index in [1.807, 2.05) is 0 Å². The minimum atomic E-state index is -0.336. The second kappa shape index (κ2) is 6.28. The zero-order valence-corrected chi connectivity index (χ0v) is 13.1. The molecule has 0 radical (unpaired) electrons. The summed E-state index contributed by atoms with van der Waals surface area (Å²) in [6, 6.07) is 8.42. The molecule has 2 heteroatoms. The molecule has 0 bridgehead atoms. The smallest absolute Gasteiger partial charge is 0.0654 e. The molecule has 0 amide bonds. The summed E-state index contributed by atoms with van der Waals surface area (Å²) in [4.78, 5) is 0. The third-order valence-corrected chi connectivity index (χ3v) is 5.14. The molecule has 0 aromatic heterocycles. The average Bonchev–Trinajstić information content (AvgIpc) is 2.39. The molecule has 0 heterocycles. The van der Waals surface area contributed by atoms with Crippen LogP contribution in [0.3, 0.4) is 0 Å². The molecule has 0 aliphatic heterocycles. The highest BCUT2D eigenvalue weighted by Gasteiger charge is 2.39. The van der Waals surface area contributed by atoms with Gasteiger partial charge in [-0.05, 0) is 36.7 Å². The lowest BCUT2D eigenvalue weighted by atomic mass is 9.64. The summed E-state index contributed by atoms with van der Waals surface area (Å²) in [5.74, 6) is 0.405. The van der Waals surface area contributed by atoms with Crippen LogP contribution >= 0.6 is 0 Å². The Bertz CT molecular complexity index is 441. The minimum Gasteiger partial charge on any atom is -0.392 e. The monoisotopic (exact) mass is 275 g/mol. The van der Waals surface area contributed by atoms with Gasteiger partial charge in [0.1, 0.15) is 0 Å². The van der Waals surface area contributed by atoms with Crippen LogP contribution in [0.5, 0.6) is 0 Å². The van der Waals surface area contributed by atoms with Gasteiger partial charge in [0.05, 0.1) is 6.10 Å². The van der Waals surface area contributed by atoms with Crippen LogP contribution in [-0.4, -0.2) is 17.8 Å². The fourth-order valence-electron chi connectivity index (χ4n) is 3.81. The molecule has 1 aromatic carbocycles. The number of hydrogen-bond acceptors (Lipinski definition) is 2. The molecule has 1 saturated carbocycles. The third-order valence-electron chi connectivity index (χ3n) is 5.14. The maximum absolute atomic E-state index is 10.9. The summed E-state index contributed by atoms with van der Waals surface area (Å²) in [6.45, 7) is 7.19. The lowest BCUT2D eigenvalue weighted by Crippen LogP contribution is -2.41. The first-order valence-corrected chi connectivity index (χ1v) is 7.90. The van der Waals surface area contributed by atoms with E-state index in [0.29, 0.717) is 12.5 Å². The molecule has 2 rings (SSSR count). The van der Waals surface area contributed by atoms with Crippen LogP contribution in [0.15, 0.2) is 24.3 Å². The molecule has 0 spiro atoms. The average molecular weight is 275 g/mol. The Morgan fingerprint density at radius 2 is 2.10 bits per heavy atom. The van der Waals surface area contributed by atoms with E-state index < -0.39 is 0 Å². The van der Waals surface area contributed by atoms with Crippen molar-refractivity contribution in [3.8, 4) is 0 Å². The van der Waals surface area contributed by atoms with Gasteiger partial charge in [-0.1, -0.05) is 56.5 Å². The fraction of sp³-hybridized carbons (Fsp3) is 0.667. The van der Waals surface area contributed by atoms with Gasteiger partial charge >= 0.3 is 0 Å². The molecule has 112 valence electrons. The van der Waals surface area contributed by atoms with Crippen molar-refractivity contribution in [2.75, 3.05) is 6.54 Å². The Morgan fingerprint density at radius 3 is 2.70 bits per heavy atom. The van der Waals surface area contributed by atoms with Gasteiger partial charge in [0.2, 0.25) is 0 Å². The van der Waals surface area contributed by atoms with Crippen molar-refractivity contribution in [2.45, 2.75) is 58.5 Å². The van der Waals surface area contributed by atoms with Gasteiger partial charge in [-0.2, -0.15) is 0 Å². The summed E-state index contributed by atoms with van der Waals surface area (Å²) in [5.41, 5.74) is 8.62. The number of benzene rings is 1. The number of aryl methyl sites for hydroxylation is 1. The number of hydrogen-bond donors (Lipinski definition) is 2. The van der Waals surface area contributed by atoms with Crippen molar-refractivity contribution in [1.82, 2.24) is 0 Å². The standard InChI is InChI=1S/C18H29NO/c1-13-7-6-8-14(11-13)15(12-19)17(20)16-9-4-5-10-18(16,2)3/h6-8,11,15-17,20H,4-5,9-10,12,19H2,1-3H3. The number of aliphatic hydroxyl groups excluding tert-OH is 1. The summed E-state index contributed by atoms with van der Waals surface area (Å²) >= 11 is 0. The quantitative estimate of drug-likeness (QED) is 0.881. The second-order valence-electron chi connectivity index (χ2n) is 7.09. The summed E-state index contributed by atoms with van der Waals surface area (Å²) in [6.07, 6.45) is 4.51. The molecule has 1 aliphatic carbocycles. The maximum Gasteiger partial charge on any atom is 0.0654 e. The maximum atomic E-state index is 10.9. The van der Waals surface area contributed by atoms with Gasteiger partial charge < -0.3 is 10.8 Å². The van der Waals surface area contributed by atoms with Gasteiger partial charge in [0.15, 0.2) is 0 Å². The molecule has 20 heavy (non-hydrogen) atoms. The Hall–Kier alpha value is -0.860. The van der Waals surface area contributed by atoms with Crippen LogP contribution in [0.1, 0.15) is 56.6 Å². The van der Waals surface area contributed by atoms with Crippen LogP contribution < -0.4 is 5.73 Å². The molecular weight excluding hydrogens is 246 g/mol. The topological polar surface area (TPSA) is 46.2 Å². The Labute approximate surface area is 123 Å².